The lowest BCUT2D eigenvalue weighted by Gasteiger charge is -2.28. The Labute approximate surface area is 178 Å². The lowest BCUT2D eigenvalue weighted by atomic mass is 10.0. The number of carbonyl (C=O) groups is 1. The molecule has 0 atom stereocenters. The van der Waals surface area contributed by atoms with E-state index in [1.54, 1.807) is 24.3 Å². The molecule has 1 amide bonds. The number of nitrogens with one attached hydrogen (secondary N) is 1. The van der Waals surface area contributed by atoms with Gasteiger partial charge in [0.1, 0.15) is 11.6 Å². The van der Waals surface area contributed by atoms with Gasteiger partial charge in [0.2, 0.25) is 0 Å². The number of rotatable bonds is 3. The smallest absolute Gasteiger partial charge is 0.254 e. The van der Waals surface area contributed by atoms with E-state index < -0.39 is 0 Å². The SMILES string of the molecule is COc1ccc(-c2nc3c(c(=O)[nH]2)CCN(C(=O)c2ccc4ncccc4c2)C3)cc1. The van der Waals surface area contributed by atoms with E-state index in [4.69, 9.17) is 4.74 Å². The Morgan fingerprint density at radius 2 is 1.97 bits per heavy atom. The Hall–Kier alpha value is -4.00. The van der Waals surface area contributed by atoms with Gasteiger partial charge in [-0.2, -0.15) is 0 Å². The van der Waals surface area contributed by atoms with Crippen LogP contribution in [0.15, 0.2) is 65.6 Å². The molecule has 0 saturated carbocycles. The molecule has 1 aliphatic rings. The van der Waals surface area contributed by atoms with Crippen molar-refractivity contribution in [2.24, 2.45) is 0 Å². The van der Waals surface area contributed by atoms with Gasteiger partial charge in [-0.15, -0.1) is 0 Å². The number of aromatic nitrogens is 3. The number of methoxy groups -OCH3 is 1. The zero-order chi connectivity index (χ0) is 21.4. The average molecular weight is 412 g/mol. The van der Waals surface area contributed by atoms with Crippen molar-refractivity contribution in [1.29, 1.82) is 0 Å². The van der Waals surface area contributed by atoms with Gasteiger partial charge >= 0.3 is 0 Å². The predicted octanol–water partition coefficient (Wildman–Crippen LogP) is 3.19. The largest absolute Gasteiger partial charge is 0.497 e. The summed E-state index contributed by atoms with van der Waals surface area (Å²) < 4.78 is 5.19. The number of aromatic amines is 1. The number of hydrogen-bond donors (Lipinski definition) is 1. The zero-order valence-electron chi connectivity index (χ0n) is 17.0. The minimum atomic E-state index is -0.153. The van der Waals surface area contributed by atoms with Crippen LogP contribution in [0.4, 0.5) is 0 Å². The normalized spacial score (nSPS) is 13.1. The van der Waals surface area contributed by atoms with Crippen LogP contribution in [0.5, 0.6) is 5.75 Å². The number of hydrogen-bond acceptors (Lipinski definition) is 5. The molecule has 7 heteroatoms. The van der Waals surface area contributed by atoms with Crippen LogP contribution in [0.3, 0.4) is 0 Å². The van der Waals surface area contributed by atoms with Crippen molar-refractivity contribution < 1.29 is 9.53 Å². The minimum Gasteiger partial charge on any atom is -0.497 e. The fourth-order valence-corrected chi connectivity index (χ4v) is 3.89. The molecule has 2 aromatic carbocycles. The summed E-state index contributed by atoms with van der Waals surface area (Å²) in [5, 5.41) is 0.919. The van der Waals surface area contributed by atoms with Gasteiger partial charge in [-0.05, 0) is 55.0 Å². The molecule has 3 heterocycles. The fraction of sp³-hybridized carbons (Fsp3) is 0.167. The summed E-state index contributed by atoms with van der Waals surface area (Å²) in [6.07, 6.45) is 2.20. The summed E-state index contributed by atoms with van der Waals surface area (Å²) in [6.45, 7) is 0.774. The summed E-state index contributed by atoms with van der Waals surface area (Å²) >= 11 is 0. The van der Waals surface area contributed by atoms with Crippen molar-refractivity contribution in [3.8, 4) is 17.1 Å². The molecule has 5 rings (SSSR count). The molecule has 2 aromatic heterocycles. The van der Waals surface area contributed by atoms with E-state index >= 15 is 0 Å². The predicted molar refractivity (Wildman–Crippen MR) is 117 cm³/mol. The average Bonchev–Trinajstić information content (AvgIpc) is 2.83. The Morgan fingerprint density at radius 3 is 2.77 bits per heavy atom. The van der Waals surface area contributed by atoms with Crippen LogP contribution in [-0.4, -0.2) is 39.4 Å². The number of pyridine rings is 1. The molecule has 0 spiro atoms. The first-order chi connectivity index (χ1) is 15.1. The Balaban J connectivity index is 1.45. The zero-order valence-corrected chi connectivity index (χ0v) is 17.0. The third kappa shape index (κ3) is 3.54. The molecule has 0 unspecified atom stereocenters. The highest BCUT2D eigenvalue weighted by molar-refractivity contribution is 5.98. The Bertz CT molecular complexity index is 1350. The van der Waals surface area contributed by atoms with Gasteiger partial charge in [-0.25, -0.2) is 4.98 Å². The van der Waals surface area contributed by atoms with Gasteiger partial charge in [-0.3, -0.25) is 14.6 Å². The van der Waals surface area contributed by atoms with Crippen molar-refractivity contribution in [2.45, 2.75) is 13.0 Å². The molecule has 0 fully saturated rings. The van der Waals surface area contributed by atoms with E-state index in [1.807, 2.05) is 48.5 Å². The number of benzene rings is 2. The van der Waals surface area contributed by atoms with Crippen LogP contribution in [0, 0.1) is 0 Å². The Kier molecular flexibility index (Phi) is 4.71. The number of amides is 1. The fourth-order valence-electron chi connectivity index (χ4n) is 3.89. The van der Waals surface area contributed by atoms with Crippen LogP contribution in [0.25, 0.3) is 22.3 Å². The highest BCUT2D eigenvalue weighted by Crippen LogP contribution is 2.23. The second-order valence-corrected chi connectivity index (χ2v) is 7.46. The number of carbonyl (C=O) groups excluding carboxylic acids is 1. The molecule has 0 aliphatic carbocycles. The third-order valence-electron chi connectivity index (χ3n) is 5.57. The highest BCUT2D eigenvalue weighted by Gasteiger charge is 2.25. The second kappa shape index (κ2) is 7.68. The third-order valence-corrected chi connectivity index (χ3v) is 5.57. The molecular weight excluding hydrogens is 392 g/mol. The van der Waals surface area contributed by atoms with Crippen LogP contribution < -0.4 is 10.3 Å². The van der Waals surface area contributed by atoms with Gasteiger partial charge in [0.05, 0.1) is 24.9 Å². The standard InChI is InChI=1S/C24H20N4O3/c1-31-18-7-4-15(5-8-18)22-26-21-14-28(12-10-19(21)23(29)27-22)24(30)17-6-9-20-16(13-17)3-2-11-25-20/h2-9,11,13H,10,12,14H2,1H3,(H,26,27,29). The van der Waals surface area contributed by atoms with E-state index in [9.17, 15) is 9.59 Å². The number of fused-ring (bicyclic) bond motifs is 2. The topological polar surface area (TPSA) is 88.2 Å². The van der Waals surface area contributed by atoms with E-state index in [0.717, 1.165) is 22.2 Å². The molecule has 7 nitrogen and oxygen atoms in total. The number of nitrogens with zero attached hydrogens (tertiary/aromatic N) is 3. The molecule has 4 aromatic rings. The van der Waals surface area contributed by atoms with E-state index in [1.165, 1.54) is 0 Å². The maximum absolute atomic E-state index is 13.1. The summed E-state index contributed by atoms with van der Waals surface area (Å²) in [7, 11) is 1.60. The maximum atomic E-state index is 13.1. The maximum Gasteiger partial charge on any atom is 0.254 e. The van der Waals surface area contributed by atoms with Crippen LogP contribution in [-0.2, 0) is 13.0 Å². The first-order valence-electron chi connectivity index (χ1n) is 10.0. The molecule has 154 valence electrons. The summed E-state index contributed by atoms with van der Waals surface area (Å²) in [4.78, 5) is 39.4. The first kappa shape index (κ1) is 19.0. The second-order valence-electron chi connectivity index (χ2n) is 7.46. The monoisotopic (exact) mass is 412 g/mol. The highest BCUT2D eigenvalue weighted by atomic mass is 16.5. The number of H-pyrrole nitrogens is 1. The molecule has 31 heavy (non-hydrogen) atoms. The summed E-state index contributed by atoms with van der Waals surface area (Å²) in [6, 6.07) is 16.6. The molecule has 0 saturated heterocycles. The minimum absolute atomic E-state index is 0.0792. The molecule has 1 aliphatic heterocycles. The van der Waals surface area contributed by atoms with E-state index in [-0.39, 0.29) is 11.5 Å². The van der Waals surface area contributed by atoms with Crippen molar-refractivity contribution in [2.75, 3.05) is 13.7 Å². The van der Waals surface area contributed by atoms with Gasteiger partial charge in [0, 0.05) is 34.8 Å². The first-order valence-corrected chi connectivity index (χ1v) is 10.0. The van der Waals surface area contributed by atoms with Crippen molar-refractivity contribution in [3.63, 3.8) is 0 Å². The van der Waals surface area contributed by atoms with Crippen LogP contribution in [0.2, 0.25) is 0 Å². The summed E-state index contributed by atoms with van der Waals surface area (Å²) in [5.41, 5.74) is 3.36. The molecule has 0 bridgehead atoms. The molecule has 1 N–H and O–H groups in total. The lowest BCUT2D eigenvalue weighted by molar-refractivity contribution is 0.0731. The lowest BCUT2D eigenvalue weighted by Crippen LogP contribution is -2.39. The number of ether oxygens (including phenoxy) is 1. The quantitative estimate of drug-likeness (QED) is 0.558. The summed E-state index contributed by atoms with van der Waals surface area (Å²) in [5.74, 6) is 1.13. The van der Waals surface area contributed by atoms with Crippen molar-refractivity contribution in [1.82, 2.24) is 19.9 Å². The molecular formula is C24H20N4O3. The van der Waals surface area contributed by atoms with E-state index in [0.29, 0.717) is 42.2 Å². The van der Waals surface area contributed by atoms with Crippen molar-refractivity contribution >= 4 is 16.8 Å². The van der Waals surface area contributed by atoms with Crippen molar-refractivity contribution in [3.05, 3.63) is 88.0 Å². The van der Waals surface area contributed by atoms with Gasteiger partial charge in [0.25, 0.3) is 11.5 Å². The Morgan fingerprint density at radius 1 is 1.13 bits per heavy atom. The van der Waals surface area contributed by atoms with Gasteiger partial charge in [-0.1, -0.05) is 6.07 Å². The molecule has 0 radical (unpaired) electrons. The van der Waals surface area contributed by atoms with Crippen LogP contribution >= 0.6 is 0 Å². The van der Waals surface area contributed by atoms with Gasteiger partial charge in [0.15, 0.2) is 0 Å². The van der Waals surface area contributed by atoms with Gasteiger partial charge < -0.3 is 14.6 Å². The van der Waals surface area contributed by atoms with E-state index in [2.05, 4.69) is 15.0 Å². The van der Waals surface area contributed by atoms with Crippen LogP contribution in [0.1, 0.15) is 21.6 Å².